The summed E-state index contributed by atoms with van der Waals surface area (Å²) in [6, 6.07) is 19.0. The number of nitro benzene ring substituents is 1. The van der Waals surface area contributed by atoms with E-state index in [9.17, 15) is 14.9 Å². The van der Waals surface area contributed by atoms with Crippen molar-refractivity contribution in [1.29, 1.82) is 0 Å². The second-order valence-corrected chi connectivity index (χ2v) is 9.26. The number of nitro groups is 1. The van der Waals surface area contributed by atoms with Gasteiger partial charge in [0.2, 0.25) is 5.16 Å². The molecule has 11 heteroatoms. The van der Waals surface area contributed by atoms with E-state index in [2.05, 4.69) is 15.2 Å². The maximum atomic E-state index is 12.3. The minimum Gasteiger partial charge on any atom is -0.497 e. The van der Waals surface area contributed by atoms with Gasteiger partial charge in [-0.2, -0.15) is 0 Å². The Morgan fingerprint density at radius 2 is 1.84 bits per heavy atom. The Labute approximate surface area is 221 Å². The molecular weight excluding hydrogens is 508 g/mol. The number of aromatic amines is 1. The van der Waals surface area contributed by atoms with Crippen molar-refractivity contribution >= 4 is 35.1 Å². The van der Waals surface area contributed by atoms with Gasteiger partial charge in [-0.3, -0.25) is 15.2 Å². The number of carbonyl (C=O) groups is 1. The molecule has 38 heavy (non-hydrogen) atoms. The number of fused-ring (bicyclic) bond motifs is 1. The van der Waals surface area contributed by atoms with E-state index in [-0.39, 0.29) is 5.69 Å². The fourth-order valence-corrected chi connectivity index (χ4v) is 4.47. The highest BCUT2D eigenvalue weighted by atomic mass is 32.2. The summed E-state index contributed by atoms with van der Waals surface area (Å²) in [7, 11) is 1.56. The molecule has 0 amide bonds. The number of hydrogen-bond donors (Lipinski definition) is 1. The fourth-order valence-electron chi connectivity index (χ4n) is 3.76. The summed E-state index contributed by atoms with van der Waals surface area (Å²) < 4.78 is 16.4. The molecule has 0 aliphatic carbocycles. The quantitative estimate of drug-likeness (QED) is 0.0544. The summed E-state index contributed by atoms with van der Waals surface area (Å²) in [5.74, 6) is 2.78. The summed E-state index contributed by atoms with van der Waals surface area (Å²) >= 11 is 1.50. The third-order valence-corrected chi connectivity index (χ3v) is 6.63. The molecule has 3 aromatic carbocycles. The lowest BCUT2D eigenvalue weighted by atomic mass is 10.0. The van der Waals surface area contributed by atoms with Crippen LogP contribution in [0, 0.1) is 10.1 Å². The summed E-state index contributed by atoms with van der Waals surface area (Å²) in [5.41, 5.74) is 2.85. The van der Waals surface area contributed by atoms with Crippen LogP contribution < -0.4 is 14.2 Å². The zero-order valence-electron chi connectivity index (χ0n) is 20.2. The second kappa shape index (κ2) is 11.2. The molecule has 0 unspecified atom stereocenters. The Hall–Kier alpha value is -4.64. The number of benzene rings is 3. The summed E-state index contributed by atoms with van der Waals surface area (Å²) in [6.45, 7) is 0.522. The number of nitrogens with zero attached hydrogens (tertiary/aromatic N) is 3. The number of esters is 1. The summed E-state index contributed by atoms with van der Waals surface area (Å²) in [4.78, 5) is 27.1. The molecule has 1 aliphatic heterocycles. The molecule has 5 rings (SSSR count). The third kappa shape index (κ3) is 5.68. The monoisotopic (exact) mass is 530 g/mol. The number of carbonyl (C=O) groups excluding carboxylic acids is 1. The molecule has 4 aromatic rings. The lowest BCUT2D eigenvalue weighted by Crippen LogP contribution is -2.00. The van der Waals surface area contributed by atoms with Crippen molar-refractivity contribution in [3.05, 3.63) is 88.0 Å². The van der Waals surface area contributed by atoms with Crippen LogP contribution in [-0.4, -0.2) is 45.5 Å². The molecule has 1 N–H and O–H groups in total. The highest BCUT2D eigenvalue weighted by molar-refractivity contribution is 7.99. The molecule has 10 nitrogen and oxygen atoms in total. The van der Waals surface area contributed by atoms with Crippen molar-refractivity contribution in [2.75, 3.05) is 19.5 Å². The lowest BCUT2D eigenvalue weighted by molar-refractivity contribution is -0.384. The summed E-state index contributed by atoms with van der Waals surface area (Å²) in [5, 5.41) is 18.4. The zero-order valence-corrected chi connectivity index (χ0v) is 21.1. The highest BCUT2D eigenvalue weighted by Crippen LogP contribution is 2.38. The predicted molar refractivity (Wildman–Crippen MR) is 142 cm³/mol. The van der Waals surface area contributed by atoms with E-state index in [4.69, 9.17) is 14.2 Å². The number of H-pyrrole nitrogens is 1. The van der Waals surface area contributed by atoms with Gasteiger partial charge in [-0.05, 0) is 54.5 Å². The molecule has 0 atom stereocenters. The van der Waals surface area contributed by atoms with Gasteiger partial charge in [-0.25, -0.2) is 9.78 Å². The van der Waals surface area contributed by atoms with Gasteiger partial charge < -0.3 is 14.2 Å². The highest BCUT2D eigenvalue weighted by Gasteiger charge is 2.27. The summed E-state index contributed by atoms with van der Waals surface area (Å²) in [6.07, 6.45) is 2.58. The topological polar surface area (TPSA) is 129 Å². The number of thioether (sulfide) groups is 1. The van der Waals surface area contributed by atoms with Crippen LogP contribution in [-0.2, 0) is 4.79 Å². The van der Waals surface area contributed by atoms with Crippen molar-refractivity contribution in [2.45, 2.75) is 11.6 Å². The van der Waals surface area contributed by atoms with Gasteiger partial charge in [0, 0.05) is 35.1 Å². The smallest absolute Gasteiger partial charge is 0.344 e. The maximum absolute atomic E-state index is 12.3. The number of aromatic nitrogens is 3. The van der Waals surface area contributed by atoms with Gasteiger partial charge >= 0.3 is 5.97 Å². The van der Waals surface area contributed by atoms with Crippen molar-refractivity contribution < 1.29 is 23.9 Å². The molecule has 192 valence electrons. The van der Waals surface area contributed by atoms with E-state index in [0.29, 0.717) is 34.7 Å². The van der Waals surface area contributed by atoms with Crippen LogP contribution in [0.15, 0.2) is 71.9 Å². The molecule has 0 saturated heterocycles. The molecule has 0 saturated carbocycles. The maximum Gasteiger partial charge on any atom is 0.344 e. The van der Waals surface area contributed by atoms with Crippen molar-refractivity contribution in [3.8, 4) is 28.6 Å². The number of non-ortho nitro benzene ring substituents is 1. The van der Waals surface area contributed by atoms with Crippen molar-refractivity contribution in [2.24, 2.45) is 0 Å². The second-order valence-electron chi connectivity index (χ2n) is 8.20. The molecule has 0 bridgehead atoms. The van der Waals surface area contributed by atoms with Crippen LogP contribution in [0.25, 0.3) is 23.0 Å². The van der Waals surface area contributed by atoms with Crippen LogP contribution in [0.4, 0.5) is 5.69 Å². The van der Waals surface area contributed by atoms with Gasteiger partial charge in [0.15, 0.2) is 5.82 Å². The van der Waals surface area contributed by atoms with Gasteiger partial charge in [0.1, 0.15) is 17.2 Å². The molecule has 0 spiro atoms. The molecule has 0 fully saturated rings. The Balaban J connectivity index is 1.09. The average Bonchev–Trinajstić information content (AvgIpc) is 3.53. The Kier molecular flexibility index (Phi) is 7.36. The van der Waals surface area contributed by atoms with Crippen LogP contribution in [0.2, 0.25) is 0 Å². The normalized spacial score (nSPS) is 13.3. The van der Waals surface area contributed by atoms with Crippen molar-refractivity contribution in [3.63, 3.8) is 0 Å². The van der Waals surface area contributed by atoms with Gasteiger partial charge in [0.25, 0.3) is 5.69 Å². The molecule has 1 aromatic heterocycles. The van der Waals surface area contributed by atoms with E-state index in [1.807, 2.05) is 30.3 Å². The number of ether oxygens (including phenoxy) is 3. The Morgan fingerprint density at radius 3 is 2.58 bits per heavy atom. The van der Waals surface area contributed by atoms with E-state index < -0.39 is 10.9 Å². The first-order valence-corrected chi connectivity index (χ1v) is 12.6. The minimum absolute atomic E-state index is 0.0280. The molecular formula is C27H22N4O6S. The minimum atomic E-state index is -0.440. The molecule has 2 heterocycles. The SMILES string of the molecule is COc1ccc2c(c1)OC(=O)/C2=C/c1ccc(OCCCSc2n[nH]c(-c3ccc([N+](=O)[O-])cc3)n2)cc1. The van der Waals surface area contributed by atoms with Gasteiger partial charge in [-0.15, -0.1) is 5.10 Å². The lowest BCUT2D eigenvalue weighted by Gasteiger charge is -2.06. The van der Waals surface area contributed by atoms with Crippen LogP contribution >= 0.6 is 11.8 Å². The van der Waals surface area contributed by atoms with Crippen molar-refractivity contribution in [1.82, 2.24) is 15.2 Å². The van der Waals surface area contributed by atoms with E-state index >= 15 is 0 Å². The largest absolute Gasteiger partial charge is 0.497 e. The third-order valence-electron chi connectivity index (χ3n) is 5.70. The van der Waals surface area contributed by atoms with E-state index in [0.717, 1.165) is 34.6 Å². The fraction of sp³-hybridized carbons (Fsp3) is 0.148. The number of rotatable bonds is 10. The van der Waals surface area contributed by atoms with Gasteiger partial charge in [0.05, 0.1) is 24.2 Å². The van der Waals surface area contributed by atoms with Crippen LogP contribution in [0.5, 0.6) is 17.2 Å². The van der Waals surface area contributed by atoms with Crippen LogP contribution in [0.3, 0.4) is 0 Å². The first kappa shape index (κ1) is 25.0. The van der Waals surface area contributed by atoms with Gasteiger partial charge in [-0.1, -0.05) is 23.9 Å². The number of methoxy groups -OCH3 is 1. The van der Waals surface area contributed by atoms with Crippen LogP contribution in [0.1, 0.15) is 17.5 Å². The first-order valence-electron chi connectivity index (χ1n) is 11.7. The number of hydrogen-bond acceptors (Lipinski definition) is 9. The molecule has 0 radical (unpaired) electrons. The molecule has 1 aliphatic rings. The Morgan fingerprint density at radius 1 is 1.08 bits per heavy atom. The predicted octanol–water partition coefficient (Wildman–Crippen LogP) is 5.41. The first-order chi connectivity index (χ1) is 18.5. The number of nitrogens with one attached hydrogen (secondary N) is 1. The Bertz CT molecular complexity index is 1500. The van der Waals surface area contributed by atoms with E-state index in [1.165, 1.54) is 23.9 Å². The van der Waals surface area contributed by atoms with E-state index in [1.54, 1.807) is 37.5 Å². The average molecular weight is 531 g/mol. The zero-order chi connectivity index (χ0) is 26.5. The standard InChI is InChI=1S/C27H22N4O6S/c1-35-21-11-12-22-23(26(32)37-24(22)16-21)15-17-3-9-20(10-4-17)36-13-2-14-38-27-28-25(29-30-27)18-5-7-19(8-6-18)31(33)34/h3-12,15-16H,2,13-14H2,1H3,(H,28,29,30)/b23-15+.